The molecule has 116 valence electrons. The van der Waals surface area contributed by atoms with Crippen LogP contribution in [-0.2, 0) is 6.54 Å². The first kappa shape index (κ1) is 15.2. The quantitative estimate of drug-likeness (QED) is 0.717. The van der Waals surface area contributed by atoms with Crippen LogP contribution in [0.4, 0.5) is 8.78 Å². The van der Waals surface area contributed by atoms with Crippen molar-refractivity contribution in [2.45, 2.75) is 20.4 Å². The van der Waals surface area contributed by atoms with Gasteiger partial charge in [-0.3, -0.25) is 0 Å². The number of nitriles is 1. The summed E-state index contributed by atoms with van der Waals surface area (Å²) in [5, 5.41) is 9.08. The lowest BCUT2D eigenvalue weighted by Crippen LogP contribution is -2.07. The third kappa shape index (κ3) is 2.80. The van der Waals surface area contributed by atoms with Crippen molar-refractivity contribution in [2.75, 3.05) is 0 Å². The van der Waals surface area contributed by atoms with Gasteiger partial charge in [-0.1, -0.05) is 29.8 Å². The van der Waals surface area contributed by atoms with Gasteiger partial charge in [0.2, 0.25) is 0 Å². The number of rotatable bonds is 3. The topological polar surface area (TPSA) is 41.6 Å². The number of fused-ring (bicyclic) bond motifs is 1. The minimum Gasteiger partial charge on any atom is -0.323 e. The summed E-state index contributed by atoms with van der Waals surface area (Å²) in [7, 11) is 0. The van der Waals surface area contributed by atoms with E-state index in [-0.39, 0.29) is 5.92 Å². The Balaban J connectivity index is 2.25. The summed E-state index contributed by atoms with van der Waals surface area (Å²) >= 11 is 0. The Morgan fingerprint density at radius 1 is 1.17 bits per heavy atom. The smallest absolute Gasteiger partial charge is 0.161 e. The van der Waals surface area contributed by atoms with Crippen molar-refractivity contribution >= 4 is 11.0 Å². The number of imidazole rings is 1. The Labute approximate surface area is 132 Å². The maximum Gasteiger partial charge on any atom is 0.161 e. The Morgan fingerprint density at radius 2 is 1.83 bits per heavy atom. The summed E-state index contributed by atoms with van der Waals surface area (Å²) in [6, 6.07) is 12.1. The lowest BCUT2D eigenvalue weighted by Gasteiger charge is -2.11. The van der Waals surface area contributed by atoms with Crippen LogP contribution in [0.5, 0.6) is 0 Å². The highest BCUT2D eigenvalue weighted by molar-refractivity contribution is 5.81. The number of benzene rings is 2. The van der Waals surface area contributed by atoms with Crippen LogP contribution in [0.3, 0.4) is 0 Å². The minimum atomic E-state index is -0.925. The summed E-state index contributed by atoms with van der Waals surface area (Å²) in [6.07, 6.45) is 0. The fraction of sp³-hybridized carbons (Fsp3) is 0.222. The highest BCUT2D eigenvalue weighted by Gasteiger charge is 2.17. The first-order valence-electron chi connectivity index (χ1n) is 7.31. The van der Waals surface area contributed by atoms with Crippen molar-refractivity contribution in [3.05, 3.63) is 53.6 Å². The minimum absolute atomic E-state index is 0.273. The molecular weight excluding hydrogens is 296 g/mol. The zero-order valence-electron chi connectivity index (χ0n) is 12.8. The van der Waals surface area contributed by atoms with E-state index in [4.69, 9.17) is 5.26 Å². The fourth-order valence-corrected chi connectivity index (χ4v) is 2.54. The highest BCUT2D eigenvalue weighted by atomic mass is 19.2. The first-order valence-corrected chi connectivity index (χ1v) is 7.31. The third-order valence-corrected chi connectivity index (χ3v) is 3.78. The van der Waals surface area contributed by atoms with Crippen LogP contribution in [0.25, 0.3) is 22.4 Å². The summed E-state index contributed by atoms with van der Waals surface area (Å²) < 4.78 is 28.9. The molecule has 1 aromatic heterocycles. The molecule has 0 aliphatic rings. The number of halogens is 2. The van der Waals surface area contributed by atoms with E-state index < -0.39 is 11.6 Å². The molecule has 3 aromatic rings. The van der Waals surface area contributed by atoms with Gasteiger partial charge in [-0.15, -0.1) is 0 Å². The molecule has 0 amide bonds. The molecule has 0 radical (unpaired) electrons. The maximum absolute atomic E-state index is 13.6. The van der Waals surface area contributed by atoms with E-state index in [1.54, 1.807) is 11.5 Å². The Kier molecular flexibility index (Phi) is 3.83. The van der Waals surface area contributed by atoms with Gasteiger partial charge < -0.3 is 4.57 Å². The van der Waals surface area contributed by atoms with E-state index in [1.165, 1.54) is 0 Å². The van der Waals surface area contributed by atoms with Crippen LogP contribution in [0.1, 0.15) is 12.5 Å². The van der Waals surface area contributed by atoms with Crippen LogP contribution >= 0.6 is 0 Å². The number of hydrogen-bond acceptors (Lipinski definition) is 2. The van der Waals surface area contributed by atoms with Gasteiger partial charge >= 0.3 is 0 Å². The van der Waals surface area contributed by atoms with E-state index in [1.807, 2.05) is 31.2 Å². The number of aromatic nitrogens is 2. The lowest BCUT2D eigenvalue weighted by atomic mass is 10.1. The molecule has 1 unspecified atom stereocenters. The SMILES string of the molecule is Cc1ccc(-c2nc3cc(F)c(F)cc3n2CC(C)C#N)cc1. The van der Waals surface area contributed by atoms with Crippen LogP contribution < -0.4 is 0 Å². The summed E-state index contributed by atoms with van der Waals surface area (Å²) in [5.41, 5.74) is 2.82. The second kappa shape index (κ2) is 5.81. The van der Waals surface area contributed by atoms with Crippen LogP contribution in [-0.4, -0.2) is 9.55 Å². The molecule has 0 aliphatic carbocycles. The monoisotopic (exact) mass is 311 g/mol. The molecule has 3 nitrogen and oxygen atoms in total. The molecule has 5 heteroatoms. The van der Waals surface area contributed by atoms with Gasteiger partial charge in [0.1, 0.15) is 5.82 Å². The molecule has 2 aromatic carbocycles. The van der Waals surface area contributed by atoms with E-state index in [2.05, 4.69) is 11.1 Å². The summed E-state index contributed by atoms with van der Waals surface area (Å²) in [5.74, 6) is -1.51. The Hall–Kier alpha value is -2.74. The largest absolute Gasteiger partial charge is 0.323 e. The van der Waals surface area contributed by atoms with Crippen LogP contribution in [0, 0.1) is 35.8 Å². The number of hydrogen-bond donors (Lipinski definition) is 0. The van der Waals surface area contributed by atoms with Crippen molar-refractivity contribution in [2.24, 2.45) is 5.92 Å². The van der Waals surface area contributed by atoms with Gasteiger partial charge in [-0.2, -0.15) is 5.26 Å². The highest BCUT2D eigenvalue weighted by Crippen LogP contribution is 2.27. The lowest BCUT2D eigenvalue weighted by molar-refractivity contribution is 0.509. The van der Waals surface area contributed by atoms with E-state index in [9.17, 15) is 8.78 Å². The summed E-state index contributed by atoms with van der Waals surface area (Å²) in [6.45, 7) is 4.13. The Morgan fingerprint density at radius 3 is 2.48 bits per heavy atom. The second-order valence-corrected chi connectivity index (χ2v) is 5.70. The van der Waals surface area contributed by atoms with Gasteiger partial charge in [-0.05, 0) is 13.8 Å². The van der Waals surface area contributed by atoms with Crippen molar-refractivity contribution in [3.63, 3.8) is 0 Å². The van der Waals surface area contributed by atoms with Gasteiger partial charge in [-0.25, -0.2) is 13.8 Å². The van der Waals surface area contributed by atoms with E-state index in [0.29, 0.717) is 23.4 Å². The predicted octanol–water partition coefficient (Wildman–Crippen LogP) is 4.45. The average molecular weight is 311 g/mol. The van der Waals surface area contributed by atoms with E-state index in [0.717, 1.165) is 23.3 Å². The first-order chi connectivity index (χ1) is 11.0. The van der Waals surface area contributed by atoms with Crippen molar-refractivity contribution < 1.29 is 8.78 Å². The molecule has 1 heterocycles. The third-order valence-electron chi connectivity index (χ3n) is 3.78. The fourth-order valence-electron chi connectivity index (χ4n) is 2.54. The summed E-state index contributed by atoms with van der Waals surface area (Å²) in [4.78, 5) is 4.45. The molecule has 0 saturated heterocycles. The number of aryl methyl sites for hydroxylation is 1. The molecule has 0 aliphatic heterocycles. The number of nitrogens with zero attached hydrogens (tertiary/aromatic N) is 3. The maximum atomic E-state index is 13.6. The van der Waals surface area contributed by atoms with Crippen molar-refractivity contribution in [1.82, 2.24) is 9.55 Å². The molecule has 0 saturated carbocycles. The zero-order valence-corrected chi connectivity index (χ0v) is 12.8. The van der Waals surface area contributed by atoms with E-state index >= 15 is 0 Å². The van der Waals surface area contributed by atoms with Crippen molar-refractivity contribution in [1.29, 1.82) is 5.26 Å². The molecule has 23 heavy (non-hydrogen) atoms. The van der Waals surface area contributed by atoms with Gasteiger partial charge in [0.25, 0.3) is 0 Å². The van der Waals surface area contributed by atoms with Crippen LogP contribution in [0.2, 0.25) is 0 Å². The molecule has 0 bridgehead atoms. The van der Waals surface area contributed by atoms with Crippen molar-refractivity contribution in [3.8, 4) is 17.5 Å². The van der Waals surface area contributed by atoms with Gasteiger partial charge in [0, 0.05) is 24.2 Å². The predicted molar refractivity (Wildman–Crippen MR) is 84.6 cm³/mol. The molecule has 0 N–H and O–H groups in total. The zero-order chi connectivity index (χ0) is 16.6. The van der Waals surface area contributed by atoms with Gasteiger partial charge in [0.15, 0.2) is 11.6 Å². The standard InChI is InChI=1S/C18H15F2N3/c1-11-3-5-13(6-4-11)18-22-16-7-14(19)15(20)8-17(16)23(18)10-12(2)9-21/h3-8,12H,10H2,1-2H3. The second-order valence-electron chi connectivity index (χ2n) is 5.70. The molecule has 3 rings (SSSR count). The molecule has 0 fully saturated rings. The normalized spacial score (nSPS) is 12.3. The Bertz CT molecular complexity index is 905. The molecule has 0 spiro atoms. The molecule has 1 atom stereocenters. The van der Waals surface area contributed by atoms with Gasteiger partial charge in [0.05, 0.1) is 23.0 Å². The molecular formula is C18H15F2N3. The van der Waals surface area contributed by atoms with Crippen LogP contribution in [0.15, 0.2) is 36.4 Å². The average Bonchev–Trinajstić information content (AvgIpc) is 2.86.